The molecule has 4 heteroatoms. The first-order chi connectivity index (χ1) is 9.80. The molecule has 1 aromatic heterocycles. The van der Waals surface area contributed by atoms with Gasteiger partial charge in [-0.3, -0.25) is 4.79 Å². The summed E-state index contributed by atoms with van der Waals surface area (Å²) in [6.07, 6.45) is 0.295. The second-order valence-electron chi connectivity index (χ2n) is 6.73. The topological polar surface area (TPSA) is 65.1 Å². The maximum atomic E-state index is 12.4. The van der Waals surface area contributed by atoms with Crippen molar-refractivity contribution in [2.45, 2.75) is 46.3 Å². The summed E-state index contributed by atoms with van der Waals surface area (Å²) in [5.74, 6) is -0.0693. The van der Waals surface area contributed by atoms with E-state index in [4.69, 9.17) is 0 Å². The summed E-state index contributed by atoms with van der Waals surface area (Å²) >= 11 is 0. The summed E-state index contributed by atoms with van der Waals surface area (Å²) in [4.78, 5) is 15.7. The number of carbonyl (C=O) groups excluding carboxylic acids is 1. The van der Waals surface area contributed by atoms with Crippen molar-refractivity contribution in [3.8, 4) is 0 Å². The van der Waals surface area contributed by atoms with Crippen molar-refractivity contribution >= 4 is 16.8 Å². The van der Waals surface area contributed by atoms with Crippen molar-refractivity contribution in [2.24, 2.45) is 5.41 Å². The zero-order valence-electron chi connectivity index (χ0n) is 12.9. The number of aliphatic hydroxyl groups excluding tert-OH is 1. The lowest BCUT2D eigenvalue weighted by atomic mass is 9.64. The van der Waals surface area contributed by atoms with Crippen LogP contribution < -0.4 is 5.32 Å². The molecule has 1 aromatic carbocycles. The second kappa shape index (κ2) is 4.60. The van der Waals surface area contributed by atoms with Gasteiger partial charge in [0.1, 0.15) is 0 Å². The minimum Gasteiger partial charge on any atom is -0.392 e. The first kappa shape index (κ1) is 14.1. The number of fused-ring (bicyclic) bond motifs is 1. The van der Waals surface area contributed by atoms with Crippen LogP contribution in [0.15, 0.2) is 18.2 Å². The fraction of sp³-hybridized carbons (Fsp3) is 0.471. The molecular formula is C17H22N2O2. The Kier molecular flexibility index (Phi) is 3.10. The van der Waals surface area contributed by atoms with Crippen molar-refractivity contribution in [3.05, 3.63) is 35.0 Å². The average molecular weight is 286 g/mol. The average Bonchev–Trinajstić information content (AvgIpc) is 2.73. The van der Waals surface area contributed by atoms with Gasteiger partial charge in [-0.1, -0.05) is 13.8 Å². The predicted octanol–water partition coefficient (Wildman–Crippen LogP) is 2.67. The lowest BCUT2D eigenvalue weighted by Crippen LogP contribution is -2.61. The molecule has 1 fully saturated rings. The van der Waals surface area contributed by atoms with Gasteiger partial charge in [0.15, 0.2) is 0 Å². The largest absolute Gasteiger partial charge is 0.392 e. The Morgan fingerprint density at radius 2 is 2.10 bits per heavy atom. The van der Waals surface area contributed by atoms with Gasteiger partial charge in [-0.05, 0) is 44.0 Å². The fourth-order valence-electron chi connectivity index (χ4n) is 2.99. The molecular weight excluding hydrogens is 264 g/mol. The smallest absolute Gasteiger partial charge is 0.251 e. The van der Waals surface area contributed by atoms with Gasteiger partial charge in [0, 0.05) is 33.6 Å². The highest BCUT2D eigenvalue weighted by Crippen LogP contribution is 2.40. The van der Waals surface area contributed by atoms with Crippen molar-refractivity contribution < 1.29 is 9.90 Å². The van der Waals surface area contributed by atoms with Gasteiger partial charge in [-0.2, -0.15) is 0 Å². The molecule has 21 heavy (non-hydrogen) atoms. The molecule has 1 aliphatic carbocycles. The summed E-state index contributed by atoms with van der Waals surface area (Å²) in [6, 6.07) is 5.76. The third kappa shape index (κ3) is 2.14. The molecule has 0 bridgehead atoms. The van der Waals surface area contributed by atoms with Crippen LogP contribution in [0.1, 0.15) is 41.9 Å². The van der Waals surface area contributed by atoms with Crippen LogP contribution in [0.5, 0.6) is 0 Å². The third-order valence-electron chi connectivity index (χ3n) is 5.09. The molecule has 0 aliphatic heterocycles. The standard InChI is InChI=1S/C17H22N2O2/c1-9-10(2)18-13-6-5-11(7-12(9)13)16(21)19-14-8-15(20)17(14,3)4/h5-7,14-15,18,20H,8H2,1-4H3,(H,19,21). The van der Waals surface area contributed by atoms with E-state index in [-0.39, 0.29) is 23.5 Å². The third-order valence-corrected chi connectivity index (χ3v) is 5.09. The summed E-state index contributed by atoms with van der Waals surface area (Å²) in [5.41, 5.74) is 3.79. The number of H-pyrrole nitrogens is 1. The fourth-order valence-corrected chi connectivity index (χ4v) is 2.99. The van der Waals surface area contributed by atoms with Crippen molar-refractivity contribution in [1.29, 1.82) is 0 Å². The van der Waals surface area contributed by atoms with E-state index in [1.165, 1.54) is 5.56 Å². The van der Waals surface area contributed by atoms with Crippen LogP contribution in [-0.2, 0) is 0 Å². The van der Waals surface area contributed by atoms with Crippen molar-refractivity contribution in [3.63, 3.8) is 0 Å². The molecule has 112 valence electrons. The van der Waals surface area contributed by atoms with Crippen LogP contribution in [0.25, 0.3) is 10.9 Å². The van der Waals surface area contributed by atoms with E-state index in [1.807, 2.05) is 39.0 Å². The first-order valence-electron chi connectivity index (χ1n) is 7.38. The van der Waals surface area contributed by atoms with Crippen molar-refractivity contribution in [1.82, 2.24) is 10.3 Å². The molecule has 4 nitrogen and oxygen atoms in total. The molecule has 1 amide bonds. The number of benzene rings is 1. The maximum absolute atomic E-state index is 12.4. The van der Waals surface area contributed by atoms with E-state index in [0.29, 0.717) is 12.0 Å². The van der Waals surface area contributed by atoms with Crippen LogP contribution in [0.2, 0.25) is 0 Å². The van der Waals surface area contributed by atoms with E-state index in [1.54, 1.807) is 0 Å². The summed E-state index contributed by atoms with van der Waals surface area (Å²) < 4.78 is 0. The minimum atomic E-state index is -0.333. The number of aliphatic hydroxyl groups is 1. The molecule has 2 atom stereocenters. The number of nitrogens with one attached hydrogen (secondary N) is 2. The number of aromatic nitrogens is 1. The Bertz CT molecular complexity index is 715. The molecule has 0 spiro atoms. The second-order valence-corrected chi connectivity index (χ2v) is 6.73. The van der Waals surface area contributed by atoms with E-state index >= 15 is 0 Å². The van der Waals surface area contributed by atoms with Crippen LogP contribution in [0, 0.1) is 19.3 Å². The highest BCUT2D eigenvalue weighted by Gasteiger charge is 2.47. The van der Waals surface area contributed by atoms with E-state index < -0.39 is 0 Å². The molecule has 0 saturated heterocycles. The molecule has 3 rings (SSSR count). The van der Waals surface area contributed by atoms with Gasteiger partial charge in [0.05, 0.1) is 6.10 Å². The van der Waals surface area contributed by atoms with Crippen molar-refractivity contribution in [2.75, 3.05) is 0 Å². The lowest BCUT2D eigenvalue weighted by Gasteiger charge is -2.49. The number of carbonyl (C=O) groups is 1. The highest BCUT2D eigenvalue weighted by atomic mass is 16.3. The van der Waals surface area contributed by atoms with Gasteiger partial charge in [0.25, 0.3) is 5.91 Å². The molecule has 2 aromatic rings. The number of hydrogen-bond donors (Lipinski definition) is 3. The van der Waals surface area contributed by atoms with Gasteiger partial charge in [-0.15, -0.1) is 0 Å². The molecule has 1 saturated carbocycles. The van der Waals surface area contributed by atoms with Gasteiger partial charge in [-0.25, -0.2) is 0 Å². The predicted molar refractivity (Wildman–Crippen MR) is 83.4 cm³/mol. The Hall–Kier alpha value is -1.81. The molecule has 1 heterocycles. The molecule has 0 radical (unpaired) electrons. The Labute approximate surface area is 124 Å². The zero-order chi connectivity index (χ0) is 15.4. The normalized spacial score (nSPS) is 23.9. The maximum Gasteiger partial charge on any atom is 0.251 e. The van der Waals surface area contributed by atoms with Gasteiger partial charge in [0.2, 0.25) is 0 Å². The first-order valence-corrected chi connectivity index (χ1v) is 7.38. The molecule has 3 N–H and O–H groups in total. The number of amides is 1. The Balaban J connectivity index is 1.84. The van der Waals surface area contributed by atoms with Crippen LogP contribution in [0.4, 0.5) is 0 Å². The Morgan fingerprint density at radius 1 is 1.38 bits per heavy atom. The number of rotatable bonds is 2. The highest BCUT2D eigenvalue weighted by molar-refractivity contribution is 5.99. The van der Waals surface area contributed by atoms with E-state index in [0.717, 1.165) is 16.6 Å². The monoisotopic (exact) mass is 286 g/mol. The summed E-state index contributed by atoms with van der Waals surface area (Å²) in [5, 5.41) is 13.9. The quantitative estimate of drug-likeness (QED) is 0.794. The Morgan fingerprint density at radius 3 is 2.71 bits per heavy atom. The minimum absolute atomic E-state index is 0.0322. The zero-order valence-corrected chi connectivity index (χ0v) is 12.9. The van der Waals surface area contributed by atoms with Crippen LogP contribution in [0.3, 0.4) is 0 Å². The van der Waals surface area contributed by atoms with Crippen LogP contribution in [-0.4, -0.2) is 28.1 Å². The van der Waals surface area contributed by atoms with Gasteiger partial charge >= 0.3 is 0 Å². The summed E-state index contributed by atoms with van der Waals surface area (Å²) in [6.45, 7) is 8.05. The molecule has 1 aliphatic rings. The van der Waals surface area contributed by atoms with Crippen LogP contribution >= 0.6 is 0 Å². The SMILES string of the molecule is Cc1[nH]c2ccc(C(=O)NC3CC(O)C3(C)C)cc2c1C. The number of aromatic amines is 1. The number of aryl methyl sites for hydroxylation is 2. The van der Waals surface area contributed by atoms with E-state index in [9.17, 15) is 9.90 Å². The molecule has 2 unspecified atom stereocenters. The van der Waals surface area contributed by atoms with E-state index in [2.05, 4.69) is 17.2 Å². The van der Waals surface area contributed by atoms with Gasteiger partial charge < -0.3 is 15.4 Å². The lowest BCUT2D eigenvalue weighted by molar-refractivity contribution is -0.0689. The number of hydrogen-bond acceptors (Lipinski definition) is 2. The summed E-state index contributed by atoms with van der Waals surface area (Å²) in [7, 11) is 0.